The highest BCUT2D eigenvalue weighted by Gasteiger charge is 2.14. The average molecular weight is 219 g/mol. The lowest BCUT2D eigenvalue weighted by Gasteiger charge is -2.09. The average Bonchev–Trinajstić information content (AvgIpc) is 2.60. The zero-order valence-electron chi connectivity index (χ0n) is 9.68. The van der Waals surface area contributed by atoms with Crippen LogP contribution in [0.5, 0.6) is 0 Å². The van der Waals surface area contributed by atoms with Crippen LogP contribution in [0.3, 0.4) is 0 Å². The molecule has 0 aliphatic carbocycles. The summed E-state index contributed by atoms with van der Waals surface area (Å²) < 4.78 is 3.56. The van der Waals surface area contributed by atoms with Gasteiger partial charge in [-0.1, -0.05) is 12.1 Å². The number of aromatic nitrogens is 2. The first kappa shape index (κ1) is 11.0. The highest BCUT2D eigenvalue weighted by molar-refractivity contribution is 5.76. The zero-order valence-corrected chi connectivity index (χ0v) is 9.68. The van der Waals surface area contributed by atoms with Gasteiger partial charge in [-0.05, 0) is 26.0 Å². The molecule has 1 aromatic heterocycles. The van der Waals surface area contributed by atoms with Crippen molar-refractivity contribution in [1.82, 2.24) is 9.13 Å². The maximum atomic E-state index is 12.2. The van der Waals surface area contributed by atoms with Crippen molar-refractivity contribution in [3.63, 3.8) is 0 Å². The summed E-state index contributed by atoms with van der Waals surface area (Å²) in [5.41, 5.74) is 7.62. The molecule has 4 heteroatoms. The highest BCUT2D eigenvalue weighted by Crippen LogP contribution is 2.16. The van der Waals surface area contributed by atoms with Crippen LogP contribution in [0, 0.1) is 0 Å². The molecule has 1 aromatic carbocycles. The van der Waals surface area contributed by atoms with Crippen molar-refractivity contribution < 1.29 is 0 Å². The van der Waals surface area contributed by atoms with Gasteiger partial charge >= 0.3 is 5.69 Å². The third kappa shape index (κ3) is 1.46. The van der Waals surface area contributed by atoms with E-state index in [9.17, 15) is 4.79 Å². The molecule has 16 heavy (non-hydrogen) atoms. The van der Waals surface area contributed by atoms with Crippen LogP contribution in [0.4, 0.5) is 0 Å². The number of nitrogens with two attached hydrogens (primary N) is 1. The number of hydrogen-bond acceptors (Lipinski definition) is 2. The summed E-state index contributed by atoms with van der Waals surface area (Å²) in [4.78, 5) is 12.2. The maximum absolute atomic E-state index is 12.2. The Bertz CT molecular complexity index is 553. The molecule has 0 amide bonds. The van der Waals surface area contributed by atoms with E-state index in [0.717, 1.165) is 11.0 Å². The molecule has 86 valence electrons. The minimum atomic E-state index is 0.0293. The number of aryl methyl sites for hydroxylation is 1. The third-order valence-corrected chi connectivity index (χ3v) is 2.97. The minimum Gasteiger partial charge on any atom is -0.328 e. The Morgan fingerprint density at radius 3 is 2.50 bits per heavy atom. The fourth-order valence-electron chi connectivity index (χ4n) is 2.07. The molecule has 4 nitrogen and oxygen atoms in total. The molecule has 0 saturated heterocycles. The standard InChI is InChI=1S/C12H17N3O/c1-3-14-10-6-4-5-7-11(10)15(12(14)16)9(2)8-13/h4-7,9H,3,8,13H2,1-2H3. The molecule has 1 atom stereocenters. The van der Waals surface area contributed by atoms with E-state index in [4.69, 9.17) is 5.73 Å². The van der Waals surface area contributed by atoms with Crippen LogP contribution in [0.2, 0.25) is 0 Å². The highest BCUT2D eigenvalue weighted by atomic mass is 16.1. The zero-order chi connectivity index (χ0) is 11.7. The molecule has 0 saturated carbocycles. The summed E-state index contributed by atoms with van der Waals surface area (Å²) in [6.07, 6.45) is 0. The SMILES string of the molecule is CCn1c(=O)n(C(C)CN)c2ccccc21. The molecule has 0 spiro atoms. The van der Waals surface area contributed by atoms with Gasteiger partial charge in [0.15, 0.2) is 0 Å². The van der Waals surface area contributed by atoms with Crippen molar-refractivity contribution in [1.29, 1.82) is 0 Å². The van der Waals surface area contributed by atoms with E-state index in [0.29, 0.717) is 13.1 Å². The van der Waals surface area contributed by atoms with E-state index in [1.807, 2.05) is 38.1 Å². The molecular formula is C12H17N3O. The Morgan fingerprint density at radius 2 is 1.94 bits per heavy atom. The predicted octanol–water partition coefficient (Wildman–Crippen LogP) is 1.34. The van der Waals surface area contributed by atoms with Crippen molar-refractivity contribution in [2.45, 2.75) is 26.4 Å². The summed E-state index contributed by atoms with van der Waals surface area (Å²) >= 11 is 0. The second-order valence-corrected chi connectivity index (χ2v) is 3.97. The second-order valence-electron chi connectivity index (χ2n) is 3.97. The second kappa shape index (κ2) is 4.14. The normalized spacial score (nSPS) is 13.2. The maximum Gasteiger partial charge on any atom is 0.329 e. The van der Waals surface area contributed by atoms with Gasteiger partial charge < -0.3 is 5.73 Å². The summed E-state index contributed by atoms with van der Waals surface area (Å²) in [6.45, 7) is 5.10. The van der Waals surface area contributed by atoms with Gasteiger partial charge in [-0.25, -0.2) is 4.79 Å². The summed E-state index contributed by atoms with van der Waals surface area (Å²) in [5, 5.41) is 0. The van der Waals surface area contributed by atoms with E-state index < -0.39 is 0 Å². The van der Waals surface area contributed by atoms with Gasteiger partial charge in [0.2, 0.25) is 0 Å². The Balaban J connectivity index is 2.82. The Hall–Kier alpha value is -1.55. The molecule has 2 aromatic rings. The number of para-hydroxylation sites is 2. The largest absolute Gasteiger partial charge is 0.329 e. The van der Waals surface area contributed by atoms with E-state index in [1.54, 1.807) is 9.13 Å². The monoisotopic (exact) mass is 219 g/mol. The summed E-state index contributed by atoms with van der Waals surface area (Å²) in [5.74, 6) is 0. The van der Waals surface area contributed by atoms with Crippen molar-refractivity contribution in [2.75, 3.05) is 6.54 Å². The van der Waals surface area contributed by atoms with Gasteiger partial charge in [-0.3, -0.25) is 9.13 Å². The fourth-order valence-corrected chi connectivity index (χ4v) is 2.07. The number of nitrogens with zero attached hydrogens (tertiary/aromatic N) is 2. The summed E-state index contributed by atoms with van der Waals surface area (Å²) in [6, 6.07) is 7.87. The van der Waals surface area contributed by atoms with Crippen LogP contribution in [0.1, 0.15) is 19.9 Å². The molecule has 2 N–H and O–H groups in total. The van der Waals surface area contributed by atoms with E-state index in [2.05, 4.69) is 0 Å². The molecule has 0 radical (unpaired) electrons. The Kier molecular flexibility index (Phi) is 2.83. The number of benzene rings is 1. The van der Waals surface area contributed by atoms with Gasteiger partial charge in [0.25, 0.3) is 0 Å². The fraction of sp³-hybridized carbons (Fsp3) is 0.417. The lowest BCUT2D eigenvalue weighted by Crippen LogP contribution is -2.29. The summed E-state index contributed by atoms with van der Waals surface area (Å²) in [7, 11) is 0. The Labute approximate surface area is 94.3 Å². The molecule has 1 heterocycles. The first-order chi connectivity index (χ1) is 7.70. The van der Waals surface area contributed by atoms with Crippen LogP contribution in [-0.2, 0) is 6.54 Å². The minimum absolute atomic E-state index is 0.0293. The van der Waals surface area contributed by atoms with E-state index in [-0.39, 0.29) is 11.7 Å². The molecular weight excluding hydrogens is 202 g/mol. The molecule has 2 rings (SSSR count). The number of fused-ring (bicyclic) bond motifs is 1. The van der Waals surface area contributed by atoms with E-state index >= 15 is 0 Å². The molecule has 1 unspecified atom stereocenters. The van der Waals surface area contributed by atoms with Crippen LogP contribution in [0.25, 0.3) is 11.0 Å². The predicted molar refractivity (Wildman–Crippen MR) is 65.6 cm³/mol. The van der Waals surface area contributed by atoms with Crippen LogP contribution in [0.15, 0.2) is 29.1 Å². The van der Waals surface area contributed by atoms with Gasteiger partial charge in [0, 0.05) is 19.1 Å². The number of hydrogen-bond donors (Lipinski definition) is 1. The first-order valence-electron chi connectivity index (χ1n) is 5.60. The smallest absolute Gasteiger partial charge is 0.328 e. The molecule has 0 bridgehead atoms. The van der Waals surface area contributed by atoms with Gasteiger partial charge in [0.05, 0.1) is 11.0 Å². The first-order valence-corrected chi connectivity index (χ1v) is 5.60. The van der Waals surface area contributed by atoms with Crippen LogP contribution < -0.4 is 11.4 Å². The van der Waals surface area contributed by atoms with Crippen LogP contribution in [-0.4, -0.2) is 15.7 Å². The third-order valence-electron chi connectivity index (χ3n) is 2.97. The van der Waals surface area contributed by atoms with Crippen molar-refractivity contribution in [2.24, 2.45) is 5.73 Å². The lowest BCUT2D eigenvalue weighted by atomic mass is 10.3. The number of imidazole rings is 1. The van der Waals surface area contributed by atoms with Gasteiger partial charge in [0.1, 0.15) is 0 Å². The van der Waals surface area contributed by atoms with Crippen molar-refractivity contribution in [3.05, 3.63) is 34.7 Å². The van der Waals surface area contributed by atoms with Crippen molar-refractivity contribution in [3.8, 4) is 0 Å². The van der Waals surface area contributed by atoms with Crippen molar-refractivity contribution >= 4 is 11.0 Å². The van der Waals surface area contributed by atoms with Gasteiger partial charge in [-0.2, -0.15) is 0 Å². The Morgan fingerprint density at radius 1 is 1.31 bits per heavy atom. The molecule has 0 fully saturated rings. The lowest BCUT2D eigenvalue weighted by molar-refractivity contribution is 0.538. The van der Waals surface area contributed by atoms with E-state index in [1.165, 1.54) is 0 Å². The quantitative estimate of drug-likeness (QED) is 0.847. The number of rotatable bonds is 3. The molecule has 0 aliphatic rings. The van der Waals surface area contributed by atoms with Crippen LogP contribution >= 0.6 is 0 Å². The molecule has 0 aliphatic heterocycles. The topological polar surface area (TPSA) is 53.0 Å². The van der Waals surface area contributed by atoms with Gasteiger partial charge in [-0.15, -0.1) is 0 Å².